The van der Waals surface area contributed by atoms with Gasteiger partial charge in [0, 0.05) is 0 Å². The maximum Gasteiger partial charge on any atom is 0.371 e. The predicted octanol–water partition coefficient (Wildman–Crippen LogP) is 2.01. The second-order valence-corrected chi connectivity index (χ2v) is 2.79. The lowest BCUT2D eigenvalue weighted by Gasteiger charge is -2.14. The summed E-state index contributed by atoms with van der Waals surface area (Å²) in [6.07, 6.45) is 2.20. The molecule has 0 bridgehead atoms. The second kappa shape index (κ2) is 4.15. The van der Waals surface area contributed by atoms with Crippen LogP contribution in [0.1, 0.15) is 5.56 Å². The third-order valence-corrected chi connectivity index (χ3v) is 1.91. The Kier molecular flexibility index (Phi) is 3.14. The molecule has 0 saturated carbocycles. The standard InChI is InChI=1S/C10H8O3.ClH/c11-10(12)9-6-5-7-3-1-2-4-8(7)13-9;/h1-4,6H,5H2,(H,11,12);1H. The normalized spacial score (nSPS) is 13.0. The van der Waals surface area contributed by atoms with Crippen molar-refractivity contribution in [1.82, 2.24) is 0 Å². The first-order valence-electron chi connectivity index (χ1n) is 3.96. The Morgan fingerprint density at radius 1 is 1.36 bits per heavy atom. The number of aliphatic carboxylic acids is 1. The van der Waals surface area contributed by atoms with E-state index < -0.39 is 5.97 Å². The van der Waals surface area contributed by atoms with Gasteiger partial charge in [0.15, 0.2) is 0 Å². The van der Waals surface area contributed by atoms with Crippen molar-refractivity contribution >= 4 is 18.4 Å². The Labute approximate surface area is 87.4 Å². The van der Waals surface area contributed by atoms with Crippen LogP contribution in [0.5, 0.6) is 5.75 Å². The number of hydrogen-bond acceptors (Lipinski definition) is 2. The van der Waals surface area contributed by atoms with Crippen molar-refractivity contribution in [2.75, 3.05) is 0 Å². The summed E-state index contributed by atoms with van der Waals surface area (Å²) < 4.78 is 5.15. The Hall–Kier alpha value is -1.48. The Morgan fingerprint density at radius 3 is 2.79 bits per heavy atom. The molecule has 1 N–H and O–H groups in total. The number of ether oxygens (including phenoxy) is 1. The van der Waals surface area contributed by atoms with Crippen LogP contribution in [0.2, 0.25) is 0 Å². The summed E-state index contributed by atoms with van der Waals surface area (Å²) in [6.45, 7) is 0. The number of allylic oxidation sites excluding steroid dienone is 1. The number of carboxylic acid groups (broad SMARTS) is 1. The van der Waals surface area contributed by atoms with Crippen molar-refractivity contribution < 1.29 is 14.6 Å². The molecule has 1 aromatic rings. The summed E-state index contributed by atoms with van der Waals surface area (Å²) >= 11 is 0. The van der Waals surface area contributed by atoms with E-state index in [0.29, 0.717) is 12.2 Å². The summed E-state index contributed by atoms with van der Waals surface area (Å²) in [5, 5.41) is 8.67. The zero-order chi connectivity index (χ0) is 9.26. The number of fused-ring (bicyclic) bond motifs is 1. The van der Waals surface area contributed by atoms with Gasteiger partial charge in [0.25, 0.3) is 0 Å². The molecular weight excluding hydrogens is 204 g/mol. The minimum atomic E-state index is -1.02. The quantitative estimate of drug-likeness (QED) is 0.775. The van der Waals surface area contributed by atoms with Gasteiger partial charge in [-0.05, 0) is 24.1 Å². The van der Waals surface area contributed by atoms with Gasteiger partial charge in [-0.1, -0.05) is 18.2 Å². The molecule has 0 fully saturated rings. The number of carboxylic acids is 1. The molecule has 0 unspecified atom stereocenters. The van der Waals surface area contributed by atoms with Crippen molar-refractivity contribution in [2.24, 2.45) is 0 Å². The average Bonchev–Trinajstić information content (AvgIpc) is 2.17. The van der Waals surface area contributed by atoms with Gasteiger partial charge in [-0.3, -0.25) is 0 Å². The summed E-state index contributed by atoms with van der Waals surface area (Å²) in [7, 11) is 0. The fourth-order valence-electron chi connectivity index (χ4n) is 1.27. The minimum absolute atomic E-state index is 0. The molecule has 0 amide bonds. The van der Waals surface area contributed by atoms with Crippen molar-refractivity contribution in [2.45, 2.75) is 6.42 Å². The molecule has 0 radical (unpaired) electrons. The van der Waals surface area contributed by atoms with Crippen LogP contribution in [0.3, 0.4) is 0 Å². The molecule has 14 heavy (non-hydrogen) atoms. The fourth-order valence-corrected chi connectivity index (χ4v) is 1.27. The van der Waals surface area contributed by atoms with Gasteiger partial charge in [0.05, 0.1) is 0 Å². The maximum absolute atomic E-state index is 10.6. The smallest absolute Gasteiger partial charge is 0.371 e. The van der Waals surface area contributed by atoms with Gasteiger partial charge >= 0.3 is 5.97 Å². The summed E-state index contributed by atoms with van der Waals surface area (Å²) in [5.41, 5.74) is 1.02. The van der Waals surface area contributed by atoms with E-state index >= 15 is 0 Å². The SMILES string of the molecule is Cl.O=C(O)C1=CCc2ccccc2O1. The van der Waals surface area contributed by atoms with E-state index in [1.165, 1.54) is 0 Å². The third kappa shape index (κ3) is 1.88. The van der Waals surface area contributed by atoms with E-state index in [-0.39, 0.29) is 18.2 Å². The summed E-state index contributed by atoms with van der Waals surface area (Å²) in [4.78, 5) is 10.6. The van der Waals surface area contributed by atoms with Crippen LogP contribution in [-0.4, -0.2) is 11.1 Å². The first-order valence-corrected chi connectivity index (χ1v) is 3.96. The monoisotopic (exact) mass is 212 g/mol. The molecule has 0 aliphatic carbocycles. The van der Waals surface area contributed by atoms with Crippen LogP contribution in [-0.2, 0) is 11.2 Å². The first-order chi connectivity index (χ1) is 6.27. The van der Waals surface area contributed by atoms with E-state index in [9.17, 15) is 4.79 Å². The molecule has 0 saturated heterocycles. The van der Waals surface area contributed by atoms with Gasteiger partial charge in [0.2, 0.25) is 5.76 Å². The largest absolute Gasteiger partial charge is 0.475 e. The van der Waals surface area contributed by atoms with Crippen molar-refractivity contribution in [3.63, 3.8) is 0 Å². The number of halogens is 1. The zero-order valence-electron chi connectivity index (χ0n) is 7.27. The molecule has 4 heteroatoms. The lowest BCUT2D eigenvalue weighted by molar-refractivity contribution is -0.135. The van der Waals surface area contributed by atoms with E-state index in [1.54, 1.807) is 12.1 Å². The summed E-state index contributed by atoms with van der Waals surface area (Å²) in [6, 6.07) is 7.42. The number of rotatable bonds is 1. The minimum Gasteiger partial charge on any atom is -0.475 e. The molecule has 0 atom stereocenters. The van der Waals surface area contributed by atoms with E-state index in [4.69, 9.17) is 9.84 Å². The van der Waals surface area contributed by atoms with E-state index in [2.05, 4.69) is 0 Å². The second-order valence-electron chi connectivity index (χ2n) is 2.79. The molecule has 3 nitrogen and oxygen atoms in total. The number of carbonyl (C=O) groups is 1. The van der Waals surface area contributed by atoms with Crippen molar-refractivity contribution in [3.8, 4) is 5.75 Å². The predicted molar refractivity (Wildman–Crippen MR) is 53.7 cm³/mol. The van der Waals surface area contributed by atoms with Gasteiger partial charge in [-0.2, -0.15) is 0 Å². The number of hydrogen-bond donors (Lipinski definition) is 1. The molecule has 0 aromatic heterocycles. The lowest BCUT2D eigenvalue weighted by atomic mass is 10.1. The summed E-state index contributed by atoms with van der Waals surface area (Å²) in [5.74, 6) is -0.365. The number of para-hydroxylation sites is 1. The van der Waals surface area contributed by atoms with Crippen LogP contribution in [0, 0.1) is 0 Å². The molecule has 1 aliphatic rings. The molecule has 1 aromatic carbocycles. The molecule has 0 spiro atoms. The molecule has 1 aliphatic heterocycles. The maximum atomic E-state index is 10.6. The van der Waals surface area contributed by atoms with Crippen LogP contribution >= 0.6 is 12.4 Å². The Bertz CT molecular complexity index is 385. The molecule has 74 valence electrons. The zero-order valence-corrected chi connectivity index (χ0v) is 8.08. The molecule has 1 heterocycles. The van der Waals surface area contributed by atoms with Crippen LogP contribution in [0.4, 0.5) is 0 Å². The lowest BCUT2D eigenvalue weighted by Crippen LogP contribution is -2.12. The molecule has 2 rings (SSSR count). The van der Waals surface area contributed by atoms with E-state index in [0.717, 1.165) is 5.56 Å². The van der Waals surface area contributed by atoms with Crippen molar-refractivity contribution in [1.29, 1.82) is 0 Å². The van der Waals surface area contributed by atoms with Gasteiger partial charge in [-0.25, -0.2) is 4.79 Å². The highest BCUT2D eigenvalue weighted by Gasteiger charge is 2.16. The van der Waals surface area contributed by atoms with Gasteiger partial charge in [-0.15, -0.1) is 12.4 Å². The highest BCUT2D eigenvalue weighted by Crippen LogP contribution is 2.25. The van der Waals surface area contributed by atoms with Gasteiger partial charge < -0.3 is 9.84 Å². The van der Waals surface area contributed by atoms with Gasteiger partial charge in [0.1, 0.15) is 5.75 Å². The first kappa shape index (κ1) is 10.6. The van der Waals surface area contributed by atoms with E-state index in [1.807, 2.05) is 18.2 Å². The third-order valence-electron chi connectivity index (χ3n) is 1.91. The average molecular weight is 213 g/mol. The Balaban J connectivity index is 0.000000980. The highest BCUT2D eigenvalue weighted by atomic mass is 35.5. The Morgan fingerprint density at radius 2 is 2.07 bits per heavy atom. The van der Waals surface area contributed by atoms with Crippen LogP contribution in [0.25, 0.3) is 0 Å². The highest BCUT2D eigenvalue weighted by molar-refractivity contribution is 5.85. The number of benzene rings is 1. The molecular formula is C10H9ClO3. The van der Waals surface area contributed by atoms with Crippen LogP contribution in [0.15, 0.2) is 36.1 Å². The van der Waals surface area contributed by atoms with Crippen LogP contribution < -0.4 is 4.74 Å². The van der Waals surface area contributed by atoms with Crippen molar-refractivity contribution in [3.05, 3.63) is 41.7 Å². The topological polar surface area (TPSA) is 46.5 Å². The fraction of sp³-hybridized carbons (Fsp3) is 0.100.